The van der Waals surface area contributed by atoms with Gasteiger partial charge >= 0.3 is 0 Å². The van der Waals surface area contributed by atoms with E-state index in [9.17, 15) is 0 Å². The lowest BCUT2D eigenvalue weighted by atomic mass is 9.71. The lowest BCUT2D eigenvalue weighted by Gasteiger charge is -2.44. The van der Waals surface area contributed by atoms with Gasteiger partial charge in [0.2, 0.25) is 0 Å². The van der Waals surface area contributed by atoms with Crippen molar-refractivity contribution >= 4 is 17.0 Å². The molecule has 1 spiro atoms. The predicted octanol–water partition coefficient (Wildman–Crippen LogP) is 7.54. The second-order valence-corrected chi connectivity index (χ2v) is 12.0. The predicted molar refractivity (Wildman–Crippen MR) is 168 cm³/mol. The fraction of sp³-hybridized carbons (Fsp3) is 0.324. The molecule has 0 bridgehead atoms. The van der Waals surface area contributed by atoms with Crippen LogP contribution in [0.2, 0.25) is 0 Å². The number of rotatable bonds is 6. The molecule has 0 amide bonds. The number of aromatic nitrogens is 1. The number of allylic oxidation sites excluding steroid dienone is 1. The van der Waals surface area contributed by atoms with E-state index in [4.69, 9.17) is 9.72 Å². The summed E-state index contributed by atoms with van der Waals surface area (Å²) in [6.07, 6.45) is 9.32. The van der Waals surface area contributed by atoms with Gasteiger partial charge in [-0.3, -0.25) is 0 Å². The van der Waals surface area contributed by atoms with E-state index in [1.807, 2.05) is 6.07 Å². The Morgan fingerprint density at radius 1 is 0.756 bits per heavy atom. The summed E-state index contributed by atoms with van der Waals surface area (Å²) < 4.78 is 6.20. The summed E-state index contributed by atoms with van der Waals surface area (Å²) in [5, 5.41) is 3.54. The third-order valence-corrected chi connectivity index (χ3v) is 9.51. The summed E-state index contributed by atoms with van der Waals surface area (Å²) in [5.41, 5.74) is 9.56. The molecule has 3 aromatic carbocycles. The molecule has 4 heteroatoms. The molecule has 2 saturated heterocycles. The lowest BCUT2D eigenvalue weighted by molar-refractivity contribution is 0.154. The molecule has 7 rings (SSSR count). The molecule has 41 heavy (non-hydrogen) atoms. The van der Waals surface area contributed by atoms with E-state index in [1.54, 1.807) is 0 Å². The van der Waals surface area contributed by atoms with Crippen LogP contribution in [-0.2, 0) is 13.0 Å². The molecule has 4 aromatic rings. The van der Waals surface area contributed by atoms with E-state index in [2.05, 4.69) is 101 Å². The third kappa shape index (κ3) is 5.54. The first-order valence-electron chi connectivity index (χ1n) is 15.3. The number of pyridine rings is 1. The van der Waals surface area contributed by atoms with Crippen LogP contribution in [0.15, 0.2) is 97.2 Å². The van der Waals surface area contributed by atoms with Gasteiger partial charge in [-0.15, -0.1) is 0 Å². The molecule has 3 aliphatic rings. The molecule has 3 heterocycles. The van der Waals surface area contributed by atoms with Crippen LogP contribution in [0.4, 0.5) is 5.82 Å². The second kappa shape index (κ2) is 11.5. The number of nitrogens with zero attached hydrogens (tertiary/aromatic N) is 2. The summed E-state index contributed by atoms with van der Waals surface area (Å²) in [6.45, 7) is 5.15. The van der Waals surface area contributed by atoms with Crippen molar-refractivity contribution in [3.63, 3.8) is 0 Å². The van der Waals surface area contributed by atoms with Crippen molar-refractivity contribution in [1.82, 2.24) is 10.3 Å². The zero-order valence-corrected chi connectivity index (χ0v) is 23.8. The highest BCUT2D eigenvalue weighted by atomic mass is 16.5. The Bertz CT molecular complexity index is 1500. The highest BCUT2D eigenvalue weighted by Gasteiger charge is 2.35. The monoisotopic (exact) mass is 541 g/mol. The van der Waals surface area contributed by atoms with E-state index >= 15 is 0 Å². The minimum Gasteiger partial charge on any atom is -0.489 e. The number of piperidine rings is 2. The molecule has 0 radical (unpaired) electrons. The van der Waals surface area contributed by atoms with E-state index in [0.717, 1.165) is 37.5 Å². The zero-order chi connectivity index (χ0) is 27.5. The number of ether oxygens (including phenoxy) is 1. The molecule has 2 fully saturated rings. The van der Waals surface area contributed by atoms with E-state index < -0.39 is 0 Å². The maximum absolute atomic E-state index is 6.20. The first kappa shape index (κ1) is 26.0. The highest BCUT2D eigenvalue weighted by Crippen LogP contribution is 2.43. The molecule has 1 aromatic heterocycles. The fourth-order valence-corrected chi connectivity index (χ4v) is 7.04. The third-order valence-electron chi connectivity index (χ3n) is 9.51. The van der Waals surface area contributed by atoms with Crippen molar-refractivity contribution in [2.24, 2.45) is 5.41 Å². The average molecular weight is 542 g/mol. The molecule has 0 atom stereocenters. The fourth-order valence-electron chi connectivity index (χ4n) is 7.04. The Kier molecular flexibility index (Phi) is 7.33. The van der Waals surface area contributed by atoms with Gasteiger partial charge in [-0.25, -0.2) is 4.98 Å². The van der Waals surface area contributed by atoms with Crippen molar-refractivity contribution < 1.29 is 4.74 Å². The van der Waals surface area contributed by atoms with Crippen LogP contribution in [0.1, 0.15) is 59.9 Å². The van der Waals surface area contributed by atoms with Gasteiger partial charge in [0, 0.05) is 24.8 Å². The molecule has 1 N–H and O–H groups in total. The topological polar surface area (TPSA) is 37.4 Å². The van der Waals surface area contributed by atoms with Gasteiger partial charge in [0.25, 0.3) is 0 Å². The molecular weight excluding hydrogens is 502 g/mol. The lowest BCUT2D eigenvalue weighted by Crippen LogP contribution is -2.45. The second-order valence-electron chi connectivity index (χ2n) is 12.0. The van der Waals surface area contributed by atoms with Gasteiger partial charge in [-0.05, 0) is 115 Å². The SMILES string of the molecule is c1ccc(COc2ccc3c(c2)CCC(c2ccccc2)=C3c2ccc(N3CCC4(CCNCC4)CC3)nc2)cc1. The van der Waals surface area contributed by atoms with Crippen molar-refractivity contribution in [2.75, 3.05) is 31.1 Å². The number of benzene rings is 3. The summed E-state index contributed by atoms with van der Waals surface area (Å²) in [7, 11) is 0. The van der Waals surface area contributed by atoms with Crippen molar-refractivity contribution in [1.29, 1.82) is 0 Å². The summed E-state index contributed by atoms with van der Waals surface area (Å²) >= 11 is 0. The van der Waals surface area contributed by atoms with Crippen LogP contribution < -0.4 is 15.0 Å². The quantitative estimate of drug-likeness (QED) is 0.274. The zero-order valence-electron chi connectivity index (χ0n) is 23.8. The van der Waals surface area contributed by atoms with Gasteiger partial charge in [0.15, 0.2) is 0 Å². The van der Waals surface area contributed by atoms with E-state index in [0.29, 0.717) is 12.0 Å². The van der Waals surface area contributed by atoms with Crippen LogP contribution in [-0.4, -0.2) is 31.2 Å². The Morgan fingerprint density at radius 3 is 2.24 bits per heavy atom. The van der Waals surface area contributed by atoms with Crippen LogP contribution in [0.3, 0.4) is 0 Å². The number of anilines is 1. The van der Waals surface area contributed by atoms with Gasteiger partial charge in [0.05, 0.1) is 0 Å². The number of hydrogen-bond donors (Lipinski definition) is 1. The van der Waals surface area contributed by atoms with Crippen molar-refractivity contribution in [2.45, 2.75) is 45.1 Å². The van der Waals surface area contributed by atoms with Gasteiger partial charge in [0.1, 0.15) is 18.2 Å². The molecule has 0 saturated carbocycles. The molecule has 4 nitrogen and oxygen atoms in total. The van der Waals surface area contributed by atoms with Crippen LogP contribution in [0.25, 0.3) is 11.1 Å². The van der Waals surface area contributed by atoms with Gasteiger partial charge < -0.3 is 15.0 Å². The van der Waals surface area contributed by atoms with Gasteiger partial charge in [-0.2, -0.15) is 0 Å². The number of hydrogen-bond acceptors (Lipinski definition) is 4. The summed E-state index contributed by atoms with van der Waals surface area (Å²) in [4.78, 5) is 7.54. The number of fused-ring (bicyclic) bond motifs is 1. The minimum atomic E-state index is 0.548. The Balaban J connectivity index is 1.16. The Hall–Kier alpha value is -3.89. The largest absolute Gasteiger partial charge is 0.489 e. The maximum atomic E-state index is 6.20. The average Bonchev–Trinajstić information content (AvgIpc) is 3.05. The summed E-state index contributed by atoms with van der Waals surface area (Å²) in [5.74, 6) is 2.04. The summed E-state index contributed by atoms with van der Waals surface area (Å²) in [6, 6.07) is 32.4. The van der Waals surface area contributed by atoms with Crippen molar-refractivity contribution in [3.05, 3.63) is 125 Å². The van der Waals surface area contributed by atoms with Crippen LogP contribution >= 0.6 is 0 Å². The maximum Gasteiger partial charge on any atom is 0.128 e. The first-order chi connectivity index (χ1) is 20.3. The van der Waals surface area contributed by atoms with E-state index in [-0.39, 0.29) is 0 Å². The number of aryl methyl sites for hydroxylation is 1. The molecule has 1 aliphatic carbocycles. The smallest absolute Gasteiger partial charge is 0.128 e. The van der Waals surface area contributed by atoms with E-state index in [1.165, 1.54) is 77.7 Å². The molecule has 208 valence electrons. The first-order valence-corrected chi connectivity index (χ1v) is 15.3. The molecule has 2 aliphatic heterocycles. The van der Waals surface area contributed by atoms with Crippen LogP contribution in [0, 0.1) is 5.41 Å². The minimum absolute atomic E-state index is 0.548. The standard InChI is InChI=1S/C37H39N3O/c1-3-7-28(8-4-1)27-41-32-13-15-34-30(25-32)11-14-33(29-9-5-2-6-10-29)36(34)31-12-16-35(39-26-31)40-23-19-37(20-24-40)17-21-38-22-18-37/h1-10,12-13,15-16,25-26,38H,11,14,17-24,27H2. The molecule has 0 unspecified atom stereocenters. The normalized spacial score (nSPS) is 18.3. The number of nitrogens with one attached hydrogen (secondary N) is 1. The highest BCUT2D eigenvalue weighted by molar-refractivity contribution is 6.00. The Labute approximate surface area is 244 Å². The van der Waals surface area contributed by atoms with Gasteiger partial charge in [-0.1, -0.05) is 66.7 Å². The Morgan fingerprint density at radius 2 is 1.51 bits per heavy atom. The van der Waals surface area contributed by atoms with Crippen LogP contribution in [0.5, 0.6) is 5.75 Å². The van der Waals surface area contributed by atoms with Crippen molar-refractivity contribution in [3.8, 4) is 5.75 Å². The molecular formula is C37H39N3O.